The van der Waals surface area contributed by atoms with Crippen molar-refractivity contribution in [3.8, 4) is 5.88 Å². The predicted molar refractivity (Wildman–Crippen MR) is 195 cm³/mol. The molecule has 17 heteroatoms. The fourth-order valence-corrected chi connectivity index (χ4v) is 7.53. The Morgan fingerprint density at radius 2 is 1.91 bits per heavy atom. The van der Waals surface area contributed by atoms with Gasteiger partial charge in [0.15, 0.2) is 5.82 Å². The molecule has 3 aliphatic rings. The van der Waals surface area contributed by atoms with Crippen LogP contribution in [0.25, 0.3) is 11.0 Å². The Morgan fingerprint density at radius 3 is 2.63 bits per heavy atom. The Hall–Kier alpha value is -5.06. The largest absolute Gasteiger partial charge is 0.471 e. The lowest BCUT2D eigenvalue weighted by Crippen LogP contribution is -2.54. The van der Waals surface area contributed by atoms with Gasteiger partial charge < -0.3 is 20.3 Å². The Morgan fingerprint density at radius 1 is 1.11 bits per heavy atom. The van der Waals surface area contributed by atoms with E-state index < -0.39 is 68.9 Å². The molecule has 15 nitrogen and oxygen atoms in total. The number of hydrogen-bond donors (Lipinski definition) is 3. The van der Waals surface area contributed by atoms with Gasteiger partial charge in [0, 0.05) is 18.8 Å². The van der Waals surface area contributed by atoms with Gasteiger partial charge in [-0.15, -0.1) is 0 Å². The second-order valence-corrected chi connectivity index (χ2v) is 16.6. The number of amides is 4. The van der Waals surface area contributed by atoms with E-state index >= 15 is 0 Å². The fraction of sp³-hybridized carbons (Fsp3) is 0.514. The zero-order valence-electron chi connectivity index (χ0n) is 30.3. The molecule has 54 heavy (non-hydrogen) atoms. The number of nitrogens with one attached hydrogen (secondary N) is 3. The molecule has 3 fully saturated rings. The zero-order valence-corrected chi connectivity index (χ0v) is 31.1. The van der Waals surface area contributed by atoms with E-state index in [9.17, 15) is 32.0 Å². The smallest absolute Gasteiger partial charge is 0.272 e. The number of nitrogens with zero attached hydrogens (tertiary/aromatic N) is 5. The topological polar surface area (TPSA) is 203 Å². The van der Waals surface area contributed by atoms with E-state index in [0.717, 1.165) is 19.3 Å². The lowest BCUT2D eigenvalue weighted by molar-refractivity contribution is -0.140. The number of carbonyl (C=O) groups is 4. The molecule has 0 unspecified atom stereocenters. The predicted octanol–water partition coefficient (Wildman–Crippen LogP) is 3.05. The summed E-state index contributed by atoms with van der Waals surface area (Å²) in [7, 11) is -3.94. The van der Waals surface area contributed by atoms with E-state index in [-0.39, 0.29) is 36.5 Å². The molecule has 1 aliphatic heterocycles. The van der Waals surface area contributed by atoms with Crippen molar-refractivity contribution in [3.05, 3.63) is 66.1 Å². The zero-order chi connectivity index (χ0) is 38.5. The average Bonchev–Trinajstić information content (AvgIpc) is 4.08. The number of aromatic nitrogens is 4. The molecule has 4 amide bonds. The van der Waals surface area contributed by atoms with Crippen molar-refractivity contribution in [2.24, 2.45) is 5.92 Å². The Bertz CT molecular complexity index is 2020. The van der Waals surface area contributed by atoms with E-state index in [1.807, 2.05) is 4.72 Å². The summed E-state index contributed by atoms with van der Waals surface area (Å²) < 4.78 is 46.9. The summed E-state index contributed by atoms with van der Waals surface area (Å²) >= 11 is 0. The first-order chi connectivity index (χ1) is 25.8. The van der Waals surface area contributed by atoms with Crippen LogP contribution in [-0.4, -0.2) is 92.9 Å². The second-order valence-electron chi connectivity index (χ2n) is 14.4. The number of hydrogen-bond acceptors (Lipinski definition) is 11. The lowest BCUT2D eigenvalue weighted by Gasteiger charge is -2.28. The van der Waals surface area contributed by atoms with Crippen molar-refractivity contribution in [3.63, 3.8) is 0 Å². The minimum absolute atomic E-state index is 0.00541. The highest BCUT2D eigenvalue weighted by Gasteiger charge is 2.51. The summed E-state index contributed by atoms with van der Waals surface area (Å²) in [4.78, 5) is 72.0. The standard InChI is InChI=1S/C37H45FN8O7S/c1-23-35(44-32-26(38)10-8-12-27(32)42-23)53-25-19-30(34(49)41-21-31(47)45-54(51,52)37(2)15-16-37)46(22-25)36(50)28(43-33(48)29-20-39-17-18-40-29)11-7-5-3-4-6-9-24-13-14-24/h6,8-10,12,17-18,20,24-25,28,30H,3-5,7,11,13-16,19,21-22H2,1-2H3,(H,41,49)(H,43,48)(H,45,47)/t25-,28+,30+/m1/s1. The number of benzene rings is 1. The molecule has 0 spiro atoms. The van der Waals surface area contributed by atoms with Gasteiger partial charge in [-0.25, -0.2) is 27.8 Å². The third-order valence-electron chi connectivity index (χ3n) is 9.97. The van der Waals surface area contributed by atoms with Gasteiger partial charge in [0.05, 0.1) is 29.6 Å². The first-order valence-electron chi connectivity index (χ1n) is 18.3. The summed E-state index contributed by atoms with van der Waals surface area (Å²) in [5.74, 6) is -2.72. The van der Waals surface area contributed by atoms with Crippen LogP contribution in [0.1, 0.15) is 87.3 Å². The Balaban J connectivity index is 1.19. The van der Waals surface area contributed by atoms with Crippen LogP contribution >= 0.6 is 0 Å². The molecule has 6 rings (SSSR count). The molecule has 0 bridgehead atoms. The molecule has 3 heterocycles. The van der Waals surface area contributed by atoms with Crippen LogP contribution in [0.3, 0.4) is 0 Å². The molecule has 1 aromatic carbocycles. The number of unbranched alkanes of at least 4 members (excludes halogenated alkanes) is 3. The quantitative estimate of drug-likeness (QED) is 0.135. The van der Waals surface area contributed by atoms with Crippen LogP contribution in [0.4, 0.5) is 4.39 Å². The van der Waals surface area contributed by atoms with Crippen molar-refractivity contribution >= 4 is 44.7 Å². The molecule has 2 aliphatic carbocycles. The molecule has 0 radical (unpaired) electrons. The van der Waals surface area contributed by atoms with E-state index in [4.69, 9.17) is 4.74 Å². The van der Waals surface area contributed by atoms with Gasteiger partial charge >= 0.3 is 0 Å². The first-order valence-corrected chi connectivity index (χ1v) is 19.8. The van der Waals surface area contributed by atoms with Crippen LogP contribution in [0, 0.1) is 18.7 Å². The number of fused-ring (bicyclic) bond motifs is 1. The molecule has 3 N–H and O–H groups in total. The number of rotatable bonds is 17. The number of carbonyl (C=O) groups excluding carboxylic acids is 4. The highest BCUT2D eigenvalue weighted by molar-refractivity contribution is 7.91. The summed E-state index contributed by atoms with van der Waals surface area (Å²) in [6.07, 6.45) is 14.4. The van der Waals surface area contributed by atoms with E-state index in [1.165, 1.54) is 55.4 Å². The molecular weight excluding hydrogens is 720 g/mol. The van der Waals surface area contributed by atoms with Gasteiger partial charge in [0.25, 0.3) is 11.8 Å². The number of allylic oxidation sites excluding steroid dienone is 2. The highest BCUT2D eigenvalue weighted by atomic mass is 32.2. The summed E-state index contributed by atoms with van der Waals surface area (Å²) in [6.45, 7) is 2.40. The fourth-order valence-electron chi connectivity index (χ4n) is 6.27. The molecule has 3 atom stereocenters. The van der Waals surface area contributed by atoms with Gasteiger partial charge in [-0.05, 0) is 76.8 Å². The molecule has 3 aromatic rings. The average molecular weight is 765 g/mol. The number of ether oxygens (including phenoxy) is 1. The number of aryl methyl sites for hydroxylation is 1. The van der Waals surface area contributed by atoms with Crippen molar-refractivity contribution in [1.82, 2.24) is 40.2 Å². The SMILES string of the molecule is Cc1nc2cccc(F)c2nc1O[C@@H]1C[C@@H](C(=O)NCC(=O)NS(=O)(=O)C2(C)CC2)N(C(=O)[C@H](CCCCCC=CC2CC2)NC(=O)c2cnccn2)C1. The van der Waals surface area contributed by atoms with Crippen LogP contribution in [-0.2, 0) is 24.4 Å². The number of para-hydroxylation sites is 1. The normalized spacial score (nSPS) is 19.7. The molecule has 2 aromatic heterocycles. The third-order valence-corrected chi connectivity index (χ3v) is 12.2. The Labute approximate surface area is 313 Å². The minimum Gasteiger partial charge on any atom is -0.471 e. The van der Waals surface area contributed by atoms with Crippen LogP contribution in [0.15, 0.2) is 48.9 Å². The van der Waals surface area contributed by atoms with Crippen molar-refractivity contribution in [2.45, 2.75) is 101 Å². The minimum atomic E-state index is -3.94. The number of halogens is 1. The van der Waals surface area contributed by atoms with Crippen molar-refractivity contribution in [2.75, 3.05) is 13.1 Å². The van der Waals surface area contributed by atoms with E-state index in [2.05, 4.69) is 42.7 Å². The van der Waals surface area contributed by atoms with Crippen LogP contribution in [0.2, 0.25) is 0 Å². The van der Waals surface area contributed by atoms with Crippen molar-refractivity contribution < 1.29 is 36.7 Å². The number of sulfonamides is 1. The summed E-state index contributed by atoms with van der Waals surface area (Å²) in [6, 6.07) is 2.15. The van der Waals surface area contributed by atoms with Gasteiger partial charge in [-0.1, -0.05) is 31.1 Å². The maximum Gasteiger partial charge on any atom is 0.272 e. The molecule has 288 valence electrons. The number of likely N-dealkylation sites (tertiary alicyclic amines) is 1. The second kappa shape index (κ2) is 16.5. The van der Waals surface area contributed by atoms with Crippen molar-refractivity contribution in [1.29, 1.82) is 0 Å². The first kappa shape index (κ1) is 38.7. The monoisotopic (exact) mass is 764 g/mol. The van der Waals surface area contributed by atoms with Gasteiger partial charge in [0.1, 0.15) is 35.1 Å². The molecular formula is C37H45FN8O7S. The Kier molecular flexibility index (Phi) is 11.8. The van der Waals surface area contributed by atoms with Gasteiger partial charge in [0.2, 0.25) is 27.7 Å². The maximum atomic E-state index is 14.6. The summed E-state index contributed by atoms with van der Waals surface area (Å²) in [5.41, 5.74) is 0.698. The van der Waals surface area contributed by atoms with Crippen LogP contribution in [0.5, 0.6) is 5.88 Å². The van der Waals surface area contributed by atoms with E-state index in [0.29, 0.717) is 36.4 Å². The van der Waals surface area contributed by atoms with Gasteiger partial charge in [-0.3, -0.25) is 28.9 Å². The molecule has 2 saturated carbocycles. The van der Waals surface area contributed by atoms with E-state index in [1.54, 1.807) is 13.0 Å². The van der Waals surface area contributed by atoms with Gasteiger partial charge in [-0.2, -0.15) is 0 Å². The summed E-state index contributed by atoms with van der Waals surface area (Å²) in [5, 5.41) is 5.24. The maximum absolute atomic E-state index is 14.6. The molecule has 1 saturated heterocycles. The lowest BCUT2D eigenvalue weighted by atomic mass is 10.0. The van der Waals surface area contributed by atoms with Crippen LogP contribution < -0.4 is 20.1 Å². The third kappa shape index (κ3) is 9.53. The highest BCUT2D eigenvalue weighted by Crippen LogP contribution is 2.42.